The summed E-state index contributed by atoms with van der Waals surface area (Å²) < 4.78 is 5.26. The molecule has 2 aliphatic heterocycles. The normalized spacial score (nSPS) is 22.9. The van der Waals surface area contributed by atoms with Crippen molar-refractivity contribution in [1.29, 1.82) is 0 Å². The van der Waals surface area contributed by atoms with Crippen LogP contribution in [0.1, 0.15) is 55.2 Å². The molecule has 0 aromatic heterocycles. The third kappa shape index (κ3) is 4.29. The minimum Gasteiger partial charge on any atom is -0.497 e. The highest BCUT2D eigenvalue weighted by Crippen LogP contribution is 2.43. The predicted molar refractivity (Wildman–Crippen MR) is 129 cm³/mol. The van der Waals surface area contributed by atoms with Crippen LogP contribution in [0.2, 0.25) is 0 Å². The summed E-state index contributed by atoms with van der Waals surface area (Å²) in [6, 6.07) is 16.6. The Balaban J connectivity index is 1.20. The summed E-state index contributed by atoms with van der Waals surface area (Å²) in [5, 5.41) is 3.20. The Morgan fingerprint density at radius 2 is 1.82 bits per heavy atom. The largest absolute Gasteiger partial charge is 0.497 e. The molecule has 5 rings (SSSR count). The van der Waals surface area contributed by atoms with Crippen molar-refractivity contribution in [3.63, 3.8) is 0 Å². The number of allylic oxidation sites excluding steroid dienone is 1. The van der Waals surface area contributed by atoms with Crippen LogP contribution >= 0.6 is 0 Å². The van der Waals surface area contributed by atoms with Crippen molar-refractivity contribution in [3.05, 3.63) is 71.3 Å². The third-order valence-corrected chi connectivity index (χ3v) is 7.84. The maximum Gasteiger partial charge on any atom is 0.222 e. The van der Waals surface area contributed by atoms with Crippen LogP contribution in [-0.4, -0.2) is 42.5 Å². The number of piperidine rings is 1. The molecule has 5 heteroatoms. The van der Waals surface area contributed by atoms with E-state index in [-0.39, 0.29) is 22.8 Å². The number of carbonyl (C=O) groups is 2. The van der Waals surface area contributed by atoms with E-state index in [4.69, 9.17) is 4.74 Å². The van der Waals surface area contributed by atoms with Crippen molar-refractivity contribution in [2.45, 2.75) is 55.9 Å². The Labute approximate surface area is 195 Å². The average Bonchev–Trinajstić information content (AvgIpc) is 3.39. The highest BCUT2D eigenvalue weighted by atomic mass is 16.5. The van der Waals surface area contributed by atoms with Crippen molar-refractivity contribution in [2.24, 2.45) is 0 Å². The molecule has 1 aliphatic carbocycles. The molecule has 2 amide bonds. The molecule has 2 heterocycles. The van der Waals surface area contributed by atoms with Crippen LogP contribution in [0.25, 0.3) is 6.08 Å². The highest BCUT2D eigenvalue weighted by molar-refractivity contribution is 5.80. The highest BCUT2D eigenvalue weighted by Gasteiger charge is 2.41. The van der Waals surface area contributed by atoms with E-state index in [0.29, 0.717) is 19.3 Å². The number of rotatable bonds is 6. The molecule has 0 saturated carbocycles. The maximum atomic E-state index is 13.1. The lowest BCUT2D eigenvalue weighted by Crippen LogP contribution is -2.47. The number of likely N-dealkylation sites (tertiary alicyclic amines) is 1. The maximum absolute atomic E-state index is 13.1. The first-order chi connectivity index (χ1) is 16.0. The van der Waals surface area contributed by atoms with Gasteiger partial charge in [-0.1, -0.05) is 48.6 Å². The van der Waals surface area contributed by atoms with E-state index in [0.717, 1.165) is 50.1 Å². The Kier molecular flexibility index (Phi) is 5.73. The molecule has 1 unspecified atom stereocenters. The molecule has 0 bridgehead atoms. The van der Waals surface area contributed by atoms with Crippen molar-refractivity contribution < 1.29 is 14.3 Å². The number of hydrogen-bond acceptors (Lipinski definition) is 3. The van der Waals surface area contributed by atoms with Crippen molar-refractivity contribution in [2.75, 3.05) is 20.2 Å². The lowest BCUT2D eigenvalue weighted by Gasteiger charge is -2.40. The van der Waals surface area contributed by atoms with Gasteiger partial charge in [0.15, 0.2) is 0 Å². The van der Waals surface area contributed by atoms with Crippen LogP contribution in [0, 0.1) is 0 Å². The first kappa shape index (κ1) is 21.7. The first-order valence-electron chi connectivity index (χ1n) is 12.0. The Bertz CT molecular complexity index is 1070. The molecule has 33 heavy (non-hydrogen) atoms. The van der Waals surface area contributed by atoms with Gasteiger partial charge in [0.2, 0.25) is 11.8 Å². The second kappa shape index (κ2) is 8.69. The second-order valence-corrected chi connectivity index (χ2v) is 9.81. The number of hydrogen-bond donors (Lipinski definition) is 1. The van der Waals surface area contributed by atoms with E-state index in [1.54, 1.807) is 7.11 Å². The summed E-state index contributed by atoms with van der Waals surface area (Å²) in [6.45, 7) is 1.57. The third-order valence-electron chi connectivity index (χ3n) is 7.84. The van der Waals surface area contributed by atoms with Crippen LogP contribution in [0.5, 0.6) is 5.75 Å². The molecule has 2 saturated heterocycles. The van der Waals surface area contributed by atoms with Gasteiger partial charge in [0.1, 0.15) is 5.75 Å². The summed E-state index contributed by atoms with van der Waals surface area (Å²) in [5.41, 5.74) is 3.62. The SMILES string of the molecule is COc1ccc(CC2(CCC(=O)N3CCC4(C=Cc5ccccc54)CC3)CCC(=O)N2)cc1. The molecule has 1 atom stereocenters. The van der Waals surface area contributed by atoms with E-state index < -0.39 is 0 Å². The number of benzene rings is 2. The second-order valence-electron chi connectivity index (χ2n) is 9.81. The van der Waals surface area contributed by atoms with Crippen LogP contribution in [0.15, 0.2) is 54.6 Å². The Morgan fingerprint density at radius 1 is 1.06 bits per heavy atom. The number of methoxy groups -OCH3 is 1. The zero-order valence-electron chi connectivity index (χ0n) is 19.3. The molecular weight excluding hydrogens is 412 g/mol. The van der Waals surface area contributed by atoms with E-state index in [9.17, 15) is 9.59 Å². The van der Waals surface area contributed by atoms with Gasteiger partial charge >= 0.3 is 0 Å². The molecule has 2 fully saturated rings. The molecule has 0 radical (unpaired) electrons. The predicted octanol–water partition coefficient (Wildman–Crippen LogP) is 4.25. The lowest BCUT2D eigenvalue weighted by molar-refractivity contribution is -0.133. The fraction of sp³-hybridized carbons (Fsp3) is 0.429. The standard InChI is InChI=1S/C28H32N2O3/c1-33-23-8-6-21(7-9-23)20-28(14-11-25(31)29-28)15-12-26(32)30-18-16-27(17-19-30)13-10-22-4-2-3-5-24(22)27/h2-10,13H,11-12,14-20H2,1H3,(H,29,31). The number of ether oxygens (including phenoxy) is 1. The van der Waals surface area contributed by atoms with Gasteiger partial charge in [-0.3, -0.25) is 9.59 Å². The summed E-state index contributed by atoms with van der Waals surface area (Å²) in [6.07, 6.45) is 9.71. The number of nitrogens with zero attached hydrogens (tertiary/aromatic N) is 1. The fourth-order valence-corrected chi connectivity index (χ4v) is 5.85. The monoisotopic (exact) mass is 444 g/mol. The molecule has 3 aliphatic rings. The summed E-state index contributed by atoms with van der Waals surface area (Å²) in [7, 11) is 1.66. The fourth-order valence-electron chi connectivity index (χ4n) is 5.85. The van der Waals surface area contributed by atoms with Crippen molar-refractivity contribution in [3.8, 4) is 5.75 Å². The molecule has 1 N–H and O–H groups in total. The number of fused-ring (bicyclic) bond motifs is 2. The van der Waals surface area contributed by atoms with E-state index >= 15 is 0 Å². The number of nitrogens with one attached hydrogen (secondary N) is 1. The van der Waals surface area contributed by atoms with Crippen molar-refractivity contribution >= 4 is 17.9 Å². The minimum atomic E-state index is -0.342. The van der Waals surface area contributed by atoms with E-state index in [2.05, 4.69) is 41.7 Å². The zero-order valence-corrected chi connectivity index (χ0v) is 19.3. The minimum absolute atomic E-state index is 0.0857. The number of carbonyl (C=O) groups excluding carboxylic acids is 2. The molecular formula is C28H32N2O3. The smallest absolute Gasteiger partial charge is 0.222 e. The molecule has 5 nitrogen and oxygen atoms in total. The van der Waals surface area contributed by atoms with Gasteiger partial charge in [-0.2, -0.15) is 0 Å². The van der Waals surface area contributed by atoms with E-state index in [1.807, 2.05) is 29.2 Å². The summed E-state index contributed by atoms with van der Waals surface area (Å²) in [4.78, 5) is 27.3. The molecule has 1 spiro atoms. The lowest BCUT2D eigenvalue weighted by atomic mass is 9.74. The summed E-state index contributed by atoms with van der Waals surface area (Å²) >= 11 is 0. The van der Waals surface area contributed by atoms with Crippen LogP contribution in [-0.2, 0) is 21.4 Å². The molecule has 2 aromatic carbocycles. The molecule has 2 aromatic rings. The Morgan fingerprint density at radius 3 is 2.52 bits per heavy atom. The zero-order chi connectivity index (χ0) is 22.9. The van der Waals surface area contributed by atoms with Gasteiger partial charge in [0.05, 0.1) is 7.11 Å². The van der Waals surface area contributed by atoms with Crippen LogP contribution in [0.3, 0.4) is 0 Å². The van der Waals surface area contributed by atoms with Gasteiger partial charge in [0, 0.05) is 36.9 Å². The quantitative estimate of drug-likeness (QED) is 0.725. The molecule has 172 valence electrons. The van der Waals surface area contributed by atoms with Gasteiger partial charge in [0.25, 0.3) is 0 Å². The van der Waals surface area contributed by atoms with Gasteiger partial charge in [-0.15, -0.1) is 0 Å². The Hall–Kier alpha value is -3.08. The van der Waals surface area contributed by atoms with Crippen LogP contribution in [0.4, 0.5) is 0 Å². The van der Waals surface area contributed by atoms with Crippen molar-refractivity contribution in [1.82, 2.24) is 10.2 Å². The van der Waals surface area contributed by atoms with E-state index in [1.165, 1.54) is 11.1 Å². The number of amides is 2. The average molecular weight is 445 g/mol. The topological polar surface area (TPSA) is 58.6 Å². The first-order valence-corrected chi connectivity index (χ1v) is 12.0. The van der Waals surface area contributed by atoms with Crippen LogP contribution < -0.4 is 10.1 Å². The summed E-state index contributed by atoms with van der Waals surface area (Å²) in [5.74, 6) is 1.11. The van der Waals surface area contributed by atoms with Gasteiger partial charge in [-0.25, -0.2) is 0 Å². The van der Waals surface area contributed by atoms with Gasteiger partial charge < -0.3 is 15.0 Å². The van der Waals surface area contributed by atoms with Gasteiger partial charge in [-0.05, 0) is 60.9 Å².